The Morgan fingerprint density at radius 1 is 0.958 bits per heavy atom. The molecule has 2 aromatic carbocycles. The third-order valence-electron chi connectivity index (χ3n) is 4.60. The molecule has 0 atom stereocenters. The first-order valence-corrected chi connectivity index (χ1v) is 8.48. The zero-order valence-electron chi connectivity index (χ0n) is 14.5. The Morgan fingerprint density at radius 3 is 2.42 bits per heavy atom. The fourth-order valence-electron chi connectivity index (χ4n) is 3.15. The number of hydrogen-bond acceptors (Lipinski definition) is 3. The second-order valence-electron chi connectivity index (χ2n) is 6.09. The lowest BCUT2D eigenvalue weighted by molar-refractivity contribution is 0.305. The van der Waals surface area contributed by atoms with Crippen molar-refractivity contribution in [3.05, 3.63) is 65.7 Å². The zero-order chi connectivity index (χ0) is 16.8. The number of rotatable bonds is 6. The molecule has 1 aliphatic rings. The zero-order valence-corrected chi connectivity index (χ0v) is 14.5. The molecule has 1 heterocycles. The molecule has 0 amide bonds. The van der Waals surface area contributed by atoms with Gasteiger partial charge < -0.3 is 9.47 Å². The first-order valence-electron chi connectivity index (χ1n) is 8.48. The number of nitrogens with zero attached hydrogens (tertiary/aromatic N) is 1. The average molecular weight is 323 g/mol. The highest BCUT2D eigenvalue weighted by molar-refractivity contribution is 5.66. The van der Waals surface area contributed by atoms with Crippen molar-refractivity contribution in [2.45, 2.75) is 12.8 Å². The van der Waals surface area contributed by atoms with Gasteiger partial charge in [-0.3, -0.25) is 4.90 Å². The largest absolute Gasteiger partial charge is 0.493 e. The summed E-state index contributed by atoms with van der Waals surface area (Å²) in [5, 5.41) is 0. The van der Waals surface area contributed by atoms with Crippen LogP contribution in [0.25, 0.3) is 5.57 Å². The highest BCUT2D eigenvalue weighted by Gasteiger charge is 2.13. The van der Waals surface area contributed by atoms with Gasteiger partial charge in [-0.25, -0.2) is 0 Å². The number of hydrogen-bond donors (Lipinski definition) is 0. The molecular weight excluding hydrogens is 298 g/mol. The summed E-state index contributed by atoms with van der Waals surface area (Å²) in [7, 11) is 3.35. The van der Waals surface area contributed by atoms with Gasteiger partial charge in [-0.05, 0) is 41.7 Å². The van der Waals surface area contributed by atoms with E-state index in [-0.39, 0.29) is 0 Å². The Morgan fingerprint density at radius 2 is 1.75 bits per heavy atom. The van der Waals surface area contributed by atoms with Crippen LogP contribution in [-0.2, 0) is 6.42 Å². The fourth-order valence-corrected chi connectivity index (χ4v) is 3.15. The summed E-state index contributed by atoms with van der Waals surface area (Å²) < 4.78 is 10.7. The van der Waals surface area contributed by atoms with Gasteiger partial charge in [-0.2, -0.15) is 0 Å². The lowest BCUT2D eigenvalue weighted by atomic mass is 9.99. The third-order valence-corrected chi connectivity index (χ3v) is 4.60. The lowest BCUT2D eigenvalue weighted by Crippen LogP contribution is -2.30. The highest BCUT2D eigenvalue weighted by Crippen LogP contribution is 2.28. The van der Waals surface area contributed by atoms with Crippen LogP contribution in [-0.4, -0.2) is 38.8 Å². The van der Waals surface area contributed by atoms with Gasteiger partial charge in [0.05, 0.1) is 14.2 Å². The maximum Gasteiger partial charge on any atom is 0.160 e. The van der Waals surface area contributed by atoms with Crippen LogP contribution >= 0.6 is 0 Å². The molecule has 3 nitrogen and oxygen atoms in total. The standard InChI is InChI=1S/C21H25NO2/c1-23-20-9-8-17(16-21(20)24-2)10-13-22-14-11-19(12-15-22)18-6-4-3-5-7-18/h3-9,11,16H,10,12-15H2,1-2H3. The molecule has 0 radical (unpaired) electrons. The minimum Gasteiger partial charge on any atom is -0.493 e. The number of benzene rings is 2. The smallest absolute Gasteiger partial charge is 0.160 e. The molecule has 3 heteroatoms. The first kappa shape index (κ1) is 16.6. The minimum atomic E-state index is 0.787. The maximum atomic E-state index is 5.38. The summed E-state index contributed by atoms with van der Waals surface area (Å²) >= 11 is 0. The fraction of sp³-hybridized carbons (Fsp3) is 0.333. The molecule has 3 rings (SSSR count). The van der Waals surface area contributed by atoms with Crippen LogP contribution in [0.2, 0.25) is 0 Å². The van der Waals surface area contributed by atoms with Gasteiger partial charge in [0.1, 0.15) is 0 Å². The van der Waals surface area contributed by atoms with Crippen molar-refractivity contribution in [3.8, 4) is 11.5 Å². The van der Waals surface area contributed by atoms with Gasteiger partial charge in [-0.1, -0.05) is 42.5 Å². The summed E-state index contributed by atoms with van der Waals surface area (Å²) in [6.07, 6.45) is 4.51. The molecule has 1 aliphatic heterocycles. The van der Waals surface area contributed by atoms with Crippen molar-refractivity contribution in [3.63, 3.8) is 0 Å². The summed E-state index contributed by atoms with van der Waals surface area (Å²) in [6.45, 7) is 3.21. The van der Waals surface area contributed by atoms with Crippen molar-refractivity contribution in [2.75, 3.05) is 33.9 Å². The first-order chi connectivity index (χ1) is 11.8. The summed E-state index contributed by atoms with van der Waals surface area (Å²) in [4.78, 5) is 2.50. The van der Waals surface area contributed by atoms with E-state index in [4.69, 9.17) is 9.47 Å². The van der Waals surface area contributed by atoms with Gasteiger partial charge in [0, 0.05) is 19.6 Å². The Hall–Kier alpha value is -2.26. The Balaban J connectivity index is 1.56. The summed E-state index contributed by atoms with van der Waals surface area (Å²) in [5.41, 5.74) is 4.11. The Kier molecular flexibility index (Phi) is 5.55. The molecule has 0 saturated heterocycles. The van der Waals surface area contributed by atoms with Crippen LogP contribution in [0.1, 0.15) is 17.5 Å². The van der Waals surface area contributed by atoms with Gasteiger partial charge in [-0.15, -0.1) is 0 Å². The van der Waals surface area contributed by atoms with E-state index in [2.05, 4.69) is 53.4 Å². The number of ether oxygens (including phenoxy) is 2. The minimum absolute atomic E-state index is 0.787. The molecule has 0 spiro atoms. The molecule has 0 fully saturated rings. The highest BCUT2D eigenvalue weighted by atomic mass is 16.5. The number of methoxy groups -OCH3 is 2. The third kappa shape index (κ3) is 3.98. The molecule has 0 unspecified atom stereocenters. The van der Waals surface area contributed by atoms with E-state index in [0.29, 0.717) is 0 Å². The van der Waals surface area contributed by atoms with Crippen LogP contribution in [0, 0.1) is 0 Å². The van der Waals surface area contributed by atoms with Gasteiger partial charge >= 0.3 is 0 Å². The van der Waals surface area contributed by atoms with Gasteiger partial charge in [0.15, 0.2) is 11.5 Å². The lowest BCUT2D eigenvalue weighted by Gasteiger charge is -2.26. The monoisotopic (exact) mass is 323 g/mol. The van der Waals surface area contributed by atoms with E-state index in [9.17, 15) is 0 Å². The molecule has 126 valence electrons. The van der Waals surface area contributed by atoms with E-state index >= 15 is 0 Å². The van der Waals surface area contributed by atoms with E-state index in [0.717, 1.165) is 44.0 Å². The second kappa shape index (κ2) is 8.02. The van der Waals surface area contributed by atoms with E-state index in [1.54, 1.807) is 14.2 Å². The second-order valence-corrected chi connectivity index (χ2v) is 6.09. The molecule has 0 N–H and O–H groups in total. The Labute approximate surface area is 144 Å². The quantitative estimate of drug-likeness (QED) is 0.801. The topological polar surface area (TPSA) is 21.7 Å². The molecule has 24 heavy (non-hydrogen) atoms. The summed E-state index contributed by atoms with van der Waals surface area (Å²) in [6, 6.07) is 16.9. The molecule has 0 saturated carbocycles. The van der Waals surface area contributed by atoms with E-state index in [1.165, 1.54) is 16.7 Å². The van der Waals surface area contributed by atoms with Gasteiger partial charge in [0.25, 0.3) is 0 Å². The predicted molar refractivity (Wildman–Crippen MR) is 98.7 cm³/mol. The van der Waals surface area contributed by atoms with Crippen molar-refractivity contribution < 1.29 is 9.47 Å². The van der Waals surface area contributed by atoms with Crippen LogP contribution in [0.15, 0.2) is 54.6 Å². The van der Waals surface area contributed by atoms with E-state index in [1.807, 2.05) is 6.07 Å². The summed E-state index contributed by atoms with van der Waals surface area (Å²) in [5.74, 6) is 1.59. The van der Waals surface area contributed by atoms with Crippen molar-refractivity contribution in [2.24, 2.45) is 0 Å². The van der Waals surface area contributed by atoms with Crippen LogP contribution < -0.4 is 9.47 Å². The SMILES string of the molecule is COc1ccc(CCN2CC=C(c3ccccc3)CC2)cc1OC. The predicted octanol–water partition coefficient (Wildman–Crippen LogP) is 4.04. The van der Waals surface area contributed by atoms with Crippen molar-refractivity contribution in [1.82, 2.24) is 4.90 Å². The van der Waals surface area contributed by atoms with Crippen LogP contribution in [0.3, 0.4) is 0 Å². The molecule has 0 aliphatic carbocycles. The molecular formula is C21H25NO2. The van der Waals surface area contributed by atoms with E-state index < -0.39 is 0 Å². The van der Waals surface area contributed by atoms with Crippen LogP contribution in [0.4, 0.5) is 0 Å². The maximum absolute atomic E-state index is 5.38. The van der Waals surface area contributed by atoms with Crippen molar-refractivity contribution in [1.29, 1.82) is 0 Å². The average Bonchev–Trinajstić information content (AvgIpc) is 2.67. The van der Waals surface area contributed by atoms with Crippen molar-refractivity contribution >= 4 is 5.57 Å². The van der Waals surface area contributed by atoms with Crippen LogP contribution in [0.5, 0.6) is 11.5 Å². The van der Waals surface area contributed by atoms with Gasteiger partial charge in [0.2, 0.25) is 0 Å². The molecule has 0 aromatic heterocycles. The Bertz CT molecular complexity index is 694. The normalized spacial score (nSPS) is 15.0. The molecule has 2 aromatic rings. The molecule has 0 bridgehead atoms.